The zero-order valence-electron chi connectivity index (χ0n) is 7.53. The van der Waals surface area contributed by atoms with Gasteiger partial charge in [-0.3, -0.25) is 4.57 Å². The summed E-state index contributed by atoms with van der Waals surface area (Å²) < 4.78 is 1.77. The molecule has 2 aromatic rings. The standard InChI is InChI=1S/C9H10N4O/c10-8-3-7-6(4-11-8)12-9(14)13(7)5-1-2-5/h3-5H,1-2H2,(H2,10,11)(H,12,14). The lowest BCUT2D eigenvalue weighted by molar-refractivity contribution is 0.733. The maximum absolute atomic E-state index is 11.6. The monoisotopic (exact) mass is 190 g/mol. The van der Waals surface area contributed by atoms with Crippen molar-refractivity contribution in [3.63, 3.8) is 0 Å². The number of H-pyrrole nitrogens is 1. The molecule has 0 saturated heterocycles. The summed E-state index contributed by atoms with van der Waals surface area (Å²) >= 11 is 0. The van der Waals surface area contributed by atoms with E-state index in [0.29, 0.717) is 11.9 Å². The van der Waals surface area contributed by atoms with Gasteiger partial charge in [0.15, 0.2) is 0 Å². The lowest BCUT2D eigenvalue weighted by atomic mass is 10.4. The number of anilines is 1. The van der Waals surface area contributed by atoms with Gasteiger partial charge in [0.2, 0.25) is 0 Å². The first kappa shape index (κ1) is 7.61. The van der Waals surface area contributed by atoms with Crippen LogP contribution in [0.4, 0.5) is 5.82 Å². The van der Waals surface area contributed by atoms with Gasteiger partial charge in [0.1, 0.15) is 5.82 Å². The van der Waals surface area contributed by atoms with Crippen molar-refractivity contribution in [1.82, 2.24) is 14.5 Å². The number of hydrogen-bond donors (Lipinski definition) is 2. The fourth-order valence-corrected chi connectivity index (χ4v) is 1.74. The maximum atomic E-state index is 11.6. The molecule has 1 aliphatic carbocycles. The van der Waals surface area contributed by atoms with Crippen molar-refractivity contribution in [3.05, 3.63) is 22.7 Å². The molecular formula is C9H10N4O. The number of aromatic amines is 1. The third-order valence-corrected chi connectivity index (χ3v) is 2.54. The van der Waals surface area contributed by atoms with Gasteiger partial charge in [0.05, 0.1) is 17.2 Å². The third-order valence-electron chi connectivity index (χ3n) is 2.54. The highest BCUT2D eigenvalue weighted by Gasteiger charge is 2.27. The Balaban J connectivity index is 2.39. The fraction of sp³-hybridized carbons (Fsp3) is 0.333. The number of pyridine rings is 1. The van der Waals surface area contributed by atoms with Crippen LogP contribution in [0.1, 0.15) is 18.9 Å². The molecule has 5 heteroatoms. The normalized spacial score (nSPS) is 16.3. The second kappa shape index (κ2) is 2.37. The number of fused-ring (bicyclic) bond motifs is 1. The number of imidazole rings is 1. The minimum Gasteiger partial charge on any atom is -0.384 e. The summed E-state index contributed by atoms with van der Waals surface area (Å²) in [5.41, 5.74) is 7.15. The smallest absolute Gasteiger partial charge is 0.326 e. The van der Waals surface area contributed by atoms with Gasteiger partial charge in [0.25, 0.3) is 0 Å². The van der Waals surface area contributed by atoms with Crippen molar-refractivity contribution in [2.24, 2.45) is 0 Å². The highest BCUT2D eigenvalue weighted by atomic mass is 16.1. The zero-order chi connectivity index (χ0) is 9.71. The van der Waals surface area contributed by atoms with Crippen LogP contribution in [0.3, 0.4) is 0 Å². The van der Waals surface area contributed by atoms with E-state index < -0.39 is 0 Å². The molecule has 3 rings (SSSR count). The van der Waals surface area contributed by atoms with Crippen LogP contribution in [0.5, 0.6) is 0 Å². The van der Waals surface area contributed by atoms with Crippen molar-refractivity contribution < 1.29 is 0 Å². The molecule has 0 spiro atoms. The van der Waals surface area contributed by atoms with E-state index >= 15 is 0 Å². The number of nitrogens with one attached hydrogen (secondary N) is 1. The van der Waals surface area contributed by atoms with Gasteiger partial charge in [-0.05, 0) is 12.8 Å². The third kappa shape index (κ3) is 0.951. The van der Waals surface area contributed by atoms with E-state index in [0.717, 1.165) is 23.9 Å². The first-order chi connectivity index (χ1) is 6.75. The minimum absolute atomic E-state index is 0.0603. The Morgan fingerprint density at radius 2 is 2.36 bits per heavy atom. The Morgan fingerprint density at radius 3 is 3.07 bits per heavy atom. The van der Waals surface area contributed by atoms with Crippen LogP contribution in [-0.4, -0.2) is 14.5 Å². The maximum Gasteiger partial charge on any atom is 0.326 e. The number of rotatable bonds is 1. The second-order valence-electron chi connectivity index (χ2n) is 3.66. The Bertz CT molecular complexity index is 549. The average Bonchev–Trinajstić information content (AvgIpc) is 2.90. The lowest BCUT2D eigenvalue weighted by Gasteiger charge is -1.99. The van der Waals surface area contributed by atoms with E-state index in [1.54, 1.807) is 16.8 Å². The molecule has 0 aromatic carbocycles. The summed E-state index contributed by atoms with van der Waals surface area (Å²) in [6, 6.07) is 2.10. The molecule has 2 aromatic heterocycles. The number of nitrogens with zero attached hydrogens (tertiary/aromatic N) is 2. The predicted molar refractivity (Wildman–Crippen MR) is 53.0 cm³/mol. The zero-order valence-corrected chi connectivity index (χ0v) is 7.53. The molecule has 0 atom stereocenters. The van der Waals surface area contributed by atoms with Gasteiger partial charge in [-0.2, -0.15) is 0 Å². The van der Waals surface area contributed by atoms with Crippen molar-refractivity contribution in [2.75, 3.05) is 5.73 Å². The molecule has 0 amide bonds. The number of aromatic nitrogens is 3. The summed E-state index contributed by atoms with van der Waals surface area (Å²) in [6.07, 6.45) is 3.76. The largest absolute Gasteiger partial charge is 0.384 e. The Labute approximate surface area is 79.6 Å². The Morgan fingerprint density at radius 1 is 1.57 bits per heavy atom. The molecule has 0 bridgehead atoms. The van der Waals surface area contributed by atoms with Crippen LogP contribution in [0.15, 0.2) is 17.1 Å². The highest BCUT2D eigenvalue weighted by Crippen LogP contribution is 2.35. The molecule has 2 heterocycles. The molecule has 3 N–H and O–H groups in total. The number of nitrogens with two attached hydrogens (primary N) is 1. The molecule has 0 radical (unpaired) electrons. The van der Waals surface area contributed by atoms with Crippen LogP contribution >= 0.6 is 0 Å². The van der Waals surface area contributed by atoms with Gasteiger partial charge in [-0.15, -0.1) is 0 Å². The highest BCUT2D eigenvalue weighted by molar-refractivity contribution is 5.76. The van der Waals surface area contributed by atoms with E-state index in [1.165, 1.54) is 0 Å². The van der Waals surface area contributed by atoms with Gasteiger partial charge >= 0.3 is 5.69 Å². The molecule has 72 valence electrons. The van der Waals surface area contributed by atoms with Crippen molar-refractivity contribution >= 4 is 16.9 Å². The summed E-state index contributed by atoms with van der Waals surface area (Å²) in [6.45, 7) is 0. The van der Waals surface area contributed by atoms with Crippen LogP contribution in [-0.2, 0) is 0 Å². The van der Waals surface area contributed by atoms with E-state index in [9.17, 15) is 4.79 Å². The van der Waals surface area contributed by atoms with Crippen LogP contribution in [0.25, 0.3) is 11.0 Å². The van der Waals surface area contributed by atoms with Gasteiger partial charge < -0.3 is 10.7 Å². The second-order valence-corrected chi connectivity index (χ2v) is 3.66. The van der Waals surface area contributed by atoms with Crippen LogP contribution in [0.2, 0.25) is 0 Å². The molecule has 1 aliphatic rings. The molecule has 14 heavy (non-hydrogen) atoms. The quantitative estimate of drug-likeness (QED) is 0.692. The van der Waals surface area contributed by atoms with E-state index in [1.807, 2.05) is 0 Å². The van der Waals surface area contributed by atoms with Crippen LogP contribution in [0, 0.1) is 0 Å². The Kier molecular flexibility index (Phi) is 1.29. The molecular weight excluding hydrogens is 180 g/mol. The summed E-state index contributed by atoms with van der Waals surface area (Å²) in [5.74, 6) is 0.450. The number of hydrogen-bond acceptors (Lipinski definition) is 3. The first-order valence-electron chi connectivity index (χ1n) is 4.61. The molecule has 0 unspecified atom stereocenters. The first-order valence-corrected chi connectivity index (χ1v) is 4.61. The SMILES string of the molecule is Nc1cc2c(cn1)[nH]c(=O)n2C1CC1. The van der Waals surface area contributed by atoms with Gasteiger partial charge in [-0.1, -0.05) is 0 Å². The minimum atomic E-state index is -0.0603. The summed E-state index contributed by atoms with van der Waals surface area (Å²) in [5, 5.41) is 0. The summed E-state index contributed by atoms with van der Waals surface area (Å²) in [4.78, 5) is 18.3. The van der Waals surface area contributed by atoms with E-state index in [-0.39, 0.29) is 5.69 Å². The fourth-order valence-electron chi connectivity index (χ4n) is 1.74. The van der Waals surface area contributed by atoms with Gasteiger partial charge in [-0.25, -0.2) is 9.78 Å². The van der Waals surface area contributed by atoms with Gasteiger partial charge in [0, 0.05) is 12.1 Å². The van der Waals surface area contributed by atoms with Crippen molar-refractivity contribution in [3.8, 4) is 0 Å². The van der Waals surface area contributed by atoms with Crippen molar-refractivity contribution in [1.29, 1.82) is 0 Å². The van der Waals surface area contributed by atoms with Crippen LogP contribution < -0.4 is 11.4 Å². The summed E-state index contributed by atoms with van der Waals surface area (Å²) in [7, 11) is 0. The Hall–Kier alpha value is -1.78. The van der Waals surface area contributed by atoms with E-state index in [4.69, 9.17) is 5.73 Å². The molecule has 5 nitrogen and oxygen atoms in total. The average molecular weight is 190 g/mol. The van der Waals surface area contributed by atoms with E-state index in [2.05, 4.69) is 9.97 Å². The number of nitrogen functional groups attached to an aromatic ring is 1. The predicted octanol–water partition coefficient (Wildman–Crippen LogP) is 0.642. The molecule has 1 fully saturated rings. The topological polar surface area (TPSA) is 76.7 Å². The van der Waals surface area contributed by atoms with Crippen molar-refractivity contribution in [2.45, 2.75) is 18.9 Å². The molecule has 0 aliphatic heterocycles. The molecule has 1 saturated carbocycles. The lowest BCUT2D eigenvalue weighted by Crippen LogP contribution is -2.14.